The third-order valence-electron chi connectivity index (χ3n) is 7.60. The lowest BCUT2D eigenvalue weighted by Crippen LogP contribution is -2.54. The first-order valence-electron chi connectivity index (χ1n) is 11.5. The fraction of sp³-hybridized carbons (Fsp3) is 0.500. The van der Waals surface area contributed by atoms with E-state index in [2.05, 4.69) is 11.0 Å². The van der Waals surface area contributed by atoms with Gasteiger partial charge in [0.1, 0.15) is 11.5 Å². The van der Waals surface area contributed by atoms with Crippen LogP contribution in [0.15, 0.2) is 42.5 Å². The maximum absolute atomic E-state index is 13.3. The van der Waals surface area contributed by atoms with Crippen LogP contribution in [0.1, 0.15) is 48.8 Å². The number of carbonyl (C=O) groups excluding carboxylic acids is 1. The van der Waals surface area contributed by atoms with Crippen LogP contribution in [0.2, 0.25) is 0 Å². The Balaban J connectivity index is 1.37. The molecule has 5 heteroatoms. The highest BCUT2D eigenvalue weighted by Gasteiger charge is 2.47. The number of phenolic OH excluding ortho intramolecular Hbond substituents is 2. The van der Waals surface area contributed by atoms with E-state index in [1.54, 1.807) is 23.1 Å². The molecule has 2 atom stereocenters. The lowest BCUT2D eigenvalue weighted by molar-refractivity contribution is -0.132. The normalized spacial score (nSPS) is 25.1. The van der Waals surface area contributed by atoms with Crippen LogP contribution in [-0.2, 0) is 23.2 Å². The Kier molecular flexibility index (Phi) is 5.17. The van der Waals surface area contributed by atoms with Gasteiger partial charge in [0.25, 0.3) is 0 Å². The van der Waals surface area contributed by atoms with E-state index in [-0.39, 0.29) is 17.1 Å². The molecule has 1 amide bonds. The van der Waals surface area contributed by atoms with Gasteiger partial charge in [-0.3, -0.25) is 9.69 Å². The number of rotatable bonds is 6. The van der Waals surface area contributed by atoms with Crippen molar-refractivity contribution in [3.63, 3.8) is 0 Å². The number of carbonyl (C=O) groups is 1. The number of aromatic hydroxyl groups is 2. The number of nitrogens with zero attached hydrogens (tertiary/aromatic N) is 2. The highest BCUT2D eigenvalue weighted by molar-refractivity contribution is 5.78. The molecule has 1 aliphatic heterocycles. The molecule has 0 spiro atoms. The number of benzene rings is 2. The zero-order valence-corrected chi connectivity index (χ0v) is 18.3. The van der Waals surface area contributed by atoms with E-state index >= 15 is 0 Å². The first-order chi connectivity index (χ1) is 14.9. The predicted molar refractivity (Wildman–Crippen MR) is 120 cm³/mol. The first-order valence-corrected chi connectivity index (χ1v) is 11.5. The minimum atomic E-state index is -0.197. The predicted octanol–water partition coefficient (Wildman–Crippen LogP) is 3.81. The van der Waals surface area contributed by atoms with Crippen LogP contribution in [0.5, 0.6) is 11.5 Å². The van der Waals surface area contributed by atoms with Crippen molar-refractivity contribution in [2.45, 2.75) is 56.5 Å². The van der Waals surface area contributed by atoms with Gasteiger partial charge in [-0.25, -0.2) is 0 Å². The summed E-state index contributed by atoms with van der Waals surface area (Å²) in [6.07, 6.45) is 6.17. The number of hydrogen-bond donors (Lipinski definition) is 2. The maximum atomic E-state index is 13.3. The van der Waals surface area contributed by atoms with Gasteiger partial charge in [0.2, 0.25) is 5.91 Å². The second-order valence-electron chi connectivity index (χ2n) is 9.97. The van der Waals surface area contributed by atoms with Crippen LogP contribution in [0.25, 0.3) is 0 Å². The highest BCUT2D eigenvalue weighted by Crippen LogP contribution is 2.49. The van der Waals surface area contributed by atoms with Gasteiger partial charge in [-0.15, -0.1) is 0 Å². The summed E-state index contributed by atoms with van der Waals surface area (Å²) >= 11 is 0. The molecule has 2 N–H and O–H groups in total. The Hall–Kier alpha value is -2.53. The van der Waals surface area contributed by atoms with Crippen molar-refractivity contribution in [2.24, 2.45) is 5.92 Å². The van der Waals surface area contributed by atoms with E-state index in [4.69, 9.17) is 0 Å². The number of likely N-dealkylation sites (tertiary alicyclic amines) is 1. The van der Waals surface area contributed by atoms with Gasteiger partial charge in [0.15, 0.2) is 0 Å². The largest absolute Gasteiger partial charge is 0.508 e. The zero-order chi connectivity index (χ0) is 21.6. The van der Waals surface area contributed by atoms with Gasteiger partial charge in [0.05, 0.1) is 0 Å². The Morgan fingerprint density at radius 2 is 1.87 bits per heavy atom. The van der Waals surface area contributed by atoms with Crippen LogP contribution in [-0.4, -0.2) is 52.1 Å². The topological polar surface area (TPSA) is 64.0 Å². The van der Waals surface area contributed by atoms with Crippen molar-refractivity contribution in [2.75, 3.05) is 20.1 Å². The number of amides is 1. The van der Waals surface area contributed by atoms with Gasteiger partial charge in [-0.05, 0) is 85.5 Å². The summed E-state index contributed by atoms with van der Waals surface area (Å²) in [4.78, 5) is 17.8. The van der Waals surface area contributed by atoms with Crippen LogP contribution in [0.4, 0.5) is 0 Å². The van der Waals surface area contributed by atoms with Crippen molar-refractivity contribution >= 4 is 5.91 Å². The van der Waals surface area contributed by atoms with Gasteiger partial charge >= 0.3 is 0 Å². The fourth-order valence-corrected chi connectivity index (χ4v) is 5.67. The molecule has 5 nitrogen and oxygen atoms in total. The van der Waals surface area contributed by atoms with Crippen LogP contribution in [0.3, 0.4) is 0 Å². The quantitative estimate of drug-likeness (QED) is 0.746. The maximum Gasteiger partial charge on any atom is 0.223 e. The lowest BCUT2D eigenvalue weighted by atomic mass is 9.62. The smallest absolute Gasteiger partial charge is 0.223 e. The number of phenols is 2. The van der Waals surface area contributed by atoms with E-state index in [0.29, 0.717) is 24.8 Å². The SMILES string of the molecule is CN(Cc1ccc(O)cc1)C(=O)CC12CCN(CC3CC3)C(Cc3ccc(O)cc31)C2. The van der Waals surface area contributed by atoms with Crippen molar-refractivity contribution in [3.05, 3.63) is 59.2 Å². The minimum absolute atomic E-state index is 0.138. The summed E-state index contributed by atoms with van der Waals surface area (Å²) in [6, 6.07) is 13.3. The summed E-state index contributed by atoms with van der Waals surface area (Å²) in [7, 11) is 1.86. The molecular formula is C26H32N2O3. The number of piperidine rings is 1. The fourth-order valence-electron chi connectivity index (χ4n) is 5.67. The molecule has 2 unspecified atom stereocenters. The van der Waals surface area contributed by atoms with Crippen LogP contribution < -0.4 is 0 Å². The van der Waals surface area contributed by atoms with Crippen molar-refractivity contribution in [3.8, 4) is 11.5 Å². The van der Waals surface area contributed by atoms with E-state index in [1.165, 1.54) is 30.5 Å². The molecule has 31 heavy (non-hydrogen) atoms. The summed E-state index contributed by atoms with van der Waals surface area (Å²) in [6.45, 7) is 2.76. The molecule has 2 bridgehead atoms. The summed E-state index contributed by atoms with van der Waals surface area (Å²) in [5.41, 5.74) is 3.28. The average Bonchev–Trinajstić information content (AvgIpc) is 3.57. The van der Waals surface area contributed by atoms with Gasteiger partial charge in [-0.2, -0.15) is 0 Å². The molecule has 0 aromatic heterocycles. The Morgan fingerprint density at radius 1 is 1.13 bits per heavy atom. The second kappa shape index (κ2) is 7.86. The molecule has 1 saturated carbocycles. The van der Waals surface area contributed by atoms with E-state index < -0.39 is 0 Å². The molecule has 164 valence electrons. The lowest BCUT2D eigenvalue weighted by Gasteiger charge is -2.51. The molecule has 2 aromatic rings. The van der Waals surface area contributed by atoms with E-state index in [0.717, 1.165) is 37.3 Å². The highest BCUT2D eigenvalue weighted by atomic mass is 16.3. The number of hydrogen-bond acceptors (Lipinski definition) is 4. The molecular weight excluding hydrogens is 388 g/mol. The summed E-state index contributed by atoms with van der Waals surface area (Å²) in [5.74, 6) is 1.53. The van der Waals surface area contributed by atoms with E-state index in [1.807, 2.05) is 25.2 Å². The first kappa shape index (κ1) is 20.4. The third-order valence-corrected chi connectivity index (χ3v) is 7.60. The monoisotopic (exact) mass is 420 g/mol. The molecule has 1 saturated heterocycles. The number of fused-ring (bicyclic) bond motifs is 4. The van der Waals surface area contributed by atoms with Gasteiger partial charge < -0.3 is 15.1 Å². The second-order valence-corrected chi connectivity index (χ2v) is 9.97. The third kappa shape index (κ3) is 4.16. The van der Waals surface area contributed by atoms with Crippen molar-refractivity contribution in [1.82, 2.24) is 9.80 Å². The van der Waals surface area contributed by atoms with Crippen molar-refractivity contribution in [1.29, 1.82) is 0 Å². The summed E-state index contributed by atoms with van der Waals surface area (Å²) < 4.78 is 0. The Labute approximate surface area is 184 Å². The molecule has 0 radical (unpaired) electrons. The molecule has 5 rings (SSSR count). The Bertz CT molecular complexity index is 969. The Morgan fingerprint density at radius 3 is 2.61 bits per heavy atom. The minimum Gasteiger partial charge on any atom is -0.508 e. The molecule has 3 aliphatic rings. The van der Waals surface area contributed by atoms with Crippen molar-refractivity contribution < 1.29 is 15.0 Å². The molecule has 2 aromatic carbocycles. The standard InChI is InChI=1S/C26H32N2O3/c1-27(16-18-4-7-22(29)8-5-18)25(31)15-26-10-11-28(17-19-2-3-19)21(14-26)12-20-6-9-23(30)13-24(20)26/h4-9,13,19,21,29-30H,2-3,10-12,14-17H2,1H3. The van der Waals surface area contributed by atoms with Crippen LogP contribution in [0, 0.1) is 5.92 Å². The average molecular weight is 421 g/mol. The molecule has 2 fully saturated rings. The van der Waals surface area contributed by atoms with Gasteiger partial charge in [0, 0.05) is 38.0 Å². The molecule has 1 heterocycles. The van der Waals surface area contributed by atoms with Crippen LogP contribution >= 0.6 is 0 Å². The van der Waals surface area contributed by atoms with Gasteiger partial charge in [-0.1, -0.05) is 18.2 Å². The molecule has 2 aliphatic carbocycles. The zero-order valence-electron chi connectivity index (χ0n) is 18.3. The van der Waals surface area contributed by atoms with E-state index in [9.17, 15) is 15.0 Å². The summed E-state index contributed by atoms with van der Waals surface area (Å²) in [5, 5.41) is 19.7.